The van der Waals surface area contributed by atoms with Crippen LogP contribution in [0.4, 0.5) is 4.39 Å². The minimum Gasteiger partial charge on any atom is -0.380 e. The van der Waals surface area contributed by atoms with E-state index in [4.69, 9.17) is 4.74 Å². The van der Waals surface area contributed by atoms with E-state index in [9.17, 15) is 9.18 Å². The first kappa shape index (κ1) is 7.66. The van der Waals surface area contributed by atoms with E-state index in [1.807, 2.05) is 0 Å². The molecular weight excluding hydrogens is 135 g/mol. The van der Waals surface area contributed by atoms with Crippen LogP contribution in [0.25, 0.3) is 0 Å². The predicted octanol–water partition coefficient (Wildman–Crippen LogP) is 0.952. The first-order chi connectivity index (χ1) is 4.84. The maximum Gasteiger partial charge on any atom is 0.140 e. The van der Waals surface area contributed by atoms with Crippen LogP contribution in [0.15, 0.2) is 0 Å². The third kappa shape index (κ3) is 1.77. The fourth-order valence-corrected chi connectivity index (χ4v) is 1.07. The van der Waals surface area contributed by atoms with Crippen LogP contribution in [0.2, 0.25) is 0 Å². The van der Waals surface area contributed by atoms with E-state index < -0.39 is 6.67 Å². The monoisotopic (exact) mass is 146 g/mol. The lowest BCUT2D eigenvalue weighted by Crippen LogP contribution is -2.27. The van der Waals surface area contributed by atoms with Crippen molar-refractivity contribution in [2.45, 2.75) is 12.8 Å². The maximum absolute atomic E-state index is 11.7. The summed E-state index contributed by atoms with van der Waals surface area (Å²) in [4.78, 5) is 10.9. The summed E-state index contributed by atoms with van der Waals surface area (Å²) in [6.07, 6.45) is 0.795. The molecule has 0 spiro atoms. The number of hydrogen-bond donors (Lipinski definition) is 0. The van der Waals surface area contributed by atoms with Crippen LogP contribution in [0.3, 0.4) is 0 Å². The molecule has 1 aliphatic rings. The Bertz CT molecular complexity index is 123. The average molecular weight is 146 g/mol. The number of ether oxygens (including phenoxy) is 1. The van der Waals surface area contributed by atoms with Gasteiger partial charge in [0.1, 0.15) is 5.78 Å². The summed E-state index contributed by atoms with van der Waals surface area (Å²) in [7, 11) is 0. The minimum atomic E-state index is -0.417. The lowest BCUT2D eigenvalue weighted by atomic mass is 9.98. The van der Waals surface area contributed by atoms with Crippen molar-refractivity contribution >= 4 is 5.78 Å². The quantitative estimate of drug-likeness (QED) is 0.579. The zero-order valence-electron chi connectivity index (χ0n) is 5.81. The van der Waals surface area contributed by atoms with E-state index in [0.29, 0.717) is 26.1 Å². The topological polar surface area (TPSA) is 26.3 Å². The van der Waals surface area contributed by atoms with Crippen molar-refractivity contribution in [1.29, 1.82) is 0 Å². The highest BCUT2D eigenvalue weighted by atomic mass is 19.1. The van der Waals surface area contributed by atoms with Gasteiger partial charge in [-0.05, 0) is 6.42 Å². The summed E-state index contributed by atoms with van der Waals surface area (Å²) in [5.74, 6) is -0.0114. The van der Waals surface area contributed by atoms with Crippen molar-refractivity contribution in [3.05, 3.63) is 0 Å². The Labute approximate surface area is 59.4 Å². The average Bonchev–Trinajstić information content (AvgIpc) is 1.94. The summed E-state index contributed by atoms with van der Waals surface area (Å²) in [6.45, 7) is 0.518. The molecule has 0 aromatic heterocycles. The summed E-state index contributed by atoms with van der Waals surface area (Å²) < 4.78 is 16.8. The highest BCUT2D eigenvalue weighted by Crippen LogP contribution is 2.13. The normalized spacial score (nSPS) is 26.9. The van der Waals surface area contributed by atoms with Gasteiger partial charge in [-0.2, -0.15) is 0 Å². The van der Waals surface area contributed by atoms with Crippen LogP contribution in [0.1, 0.15) is 12.8 Å². The molecule has 3 heteroatoms. The molecule has 2 nitrogen and oxygen atoms in total. The van der Waals surface area contributed by atoms with Gasteiger partial charge >= 0.3 is 0 Å². The number of carbonyl (C=O) groups is 1. The van der Waals surface area contributed by atoms with Gasteiger partial charge in [0.15, 0.2) is 0 Å². The molecule has 1 fully saturated rings. The van der Waals surface area contributed by atoms with Crippen molar-refractivity contribution in [3.63, 3.8) is 0 Å². The smallest absolute Gasteiger partial charge is 0.140 e. The number of rotatable bonds is 2. The first-order valence-corrected chi connectivity index (χ1v) is 3.51. The number of carbonyl (C=O) groups excluding carboxylic acids is 1. The summed E-state index contributed by atoms with van der Waals surface area (Å²) in [5.41, 5.74) is 0. The van der Waals surface area contributed by atoms with Crippen LogP contribution in [0, 0.1) is 5.92 Å². The van der Waals surface area contributed by atoms with Crippen LogP contribution >= 0.6 is 0 Å². The second-order valence-corrected chi connectivity index (χ2v) is 2.47. The SMILES string of the molecule is O=C1CCOCC1CCF. The largest absolute Gasteiger partial charge is 0.380 e. The molecule has 0 radical (unpaired) electrons. The minimum absolute atomic E-state index is 0.156. The van der Waals surface area contributed by atoms with Crippen LogP contribution in [-0.2, 0) is 9.53 Å². The fourth-order valence-electron chi connectivity index (χ4n) is 1.07. The van der Waals surface area contributed by atoms with E-state index in [1.165, 1.54) is 0 Å². The van der Waals surface area contributed by atoms with Gasteiger partial charge in [0.2, 0.25) is 0 Å². The van der Waals surface area contributed by atoms with Crippen molar-refractivity contribution < 1.29 is 13.9 Å². The molecule has 0 aromatic carbocycles. The van der Waals surface area contributed by atoms with E-state index in [-0.39, 0.29) is 11.7 Å². The lowest BCUT2D eigenvalue weighted by molar-refractivity contribution is -0.130. The Morgan fingerprint density at radius 3 is 3.10 bits per heavy atom. The van der Waals surface area contributed by atoms with Crippen molar-refractivity contribution in [2.75, 3.05) is 19.9 Å². The Kier molecular flexibility index (Phi) is 2.81. The van der Waals surface area contributed by atoms with Gasteiger partial charge in [-0.1, -0.05) is 0 Å². The first-order valence-electron chi connectivity index (χ1n) is 3.51. The Morgan fingerprint density at radius 2 is 2.50 bits per heavy atom. The van der Waals surface area contributed by atoms with Gasteiger partial charge in [0.05, 0.1) is 19.9 Å². The van der Waals surface area contributed by atoms with Gasteiger partial charge in [0, 0.05) is 12.3 Å². The highest BCUT2D eigenvalue weighted by Gasteiger charge is 2.21. The van der Waals surface area contributed by atoms with Gasteiger partial charge in [-0.3, -0.25) is 9.18 Å². The third-order valence-electron chi connectivity index (χ3n) is 1.72. The number of hydrogen-bond acceptors (Lipinski definition) is 2. The third-order valence-corrected chi connectivity index (χ3v) is 1.72. The molecule has 10 heavy (non-hydrogen) atoms. The molecular formula is C7H11FO2. The molecule has 0 aliphatic carbocycles. The molecule has 1 rings (SSSR count). The molecule has 0 aromatic rings. The predicted molar refractivity (Wildman–Crippen MR) is 34.5 cm³/mol. The Balaban J connectivity index is 2.32. The second kappa shape index (κ2) is 3.66. The number of Topliss-reactive ketones (excluding diaryl/α,β-unsaturated/α-hetero) is 1. The number of halogens is 1. The molecule has 1 unspecified atom stereocenters. The molecule has 0 saturated carbocycles. The summed E-state index contributed by atoms with van der Waals surface area (Å²) in [5, 5.41) is 0. The Morgan fingerprint density at radius 1 is 1.70 bits per heavy atom. The lowest BCUT2D eigenvalue weighted by Gasteiger charge is -2.19. The summed E-state index contributed by atoms with van der Waals surface area (Å²) >= 11 is 0. The van der Waals surface area contributed by atoms with E-state index in [2.05, 4.69) is 0 Å². The molecule has 1 aliphatic heterocycles. The van der Waals surface area contributed by atoms with Gasteiger partial charge in [-0.25, -0.2) is 0 Å². The summed E-state index contributed by atoms with van der Waals surface area (Å²) in [6, 6.07) is 0. The van der Waals surface area contributed by atoms with Gasteiger partial charge in [0.25, 0.3) is 0 Å². The van der Waals surface area contributed by atoms with Crippen LogP contribution in [-0.4, -0.2) is 25.7 Å². The molecule has 1 heterocycles. The number of alkyl halides is 1. The molecule has 1 saturated heterocycles. The van der Waals surface area contributed by atoms with Gasteiger partial charge in [-0.15, -0.1) is 0 Å². The van der Waals surface area contributed by atoms with E-state index >= 15 is 0 Å². The second-order valence-electron chi connectivity index (χ2n) is 2.47. The van der Waals surface area contributed by atoms with Crippen molar-refractivity contribution in [2.24, 2.45) is 5.92 Å². The van der Waals surface area contributed by atoms with Gasteiger partial charge < -0.3 is 4.74 Å². The Hall–Kier alpha value is -0.440. The zero-order chi connectivity index (χ0) is 7.40. The maximum atomic E-state index is 11.7. The number of ketones is 1. The fraction of sp³-hybridized carbons (Fsp3) is 0.857. The molecule has 58 valence electrons. The van der Waals surface area contributed by atoms with Crippen molar-refractivity contribution in [3.8, 4) is 0 Å². The molecule has 1 atom stereocenters. The van der Waals surface area contributed by atoms with Crippen LogP contribution < -0.4 is 0 Å². The standard InChI is InChI=1S/C7H11FO2/c8-3-1-6-5-10-4-2-7(6)9/h6H,1-5H2. The van der Waals surface area contributed by atoms with Crippen molar-refractivity contribution in [1.82, 2.24) is 0 Å². The van der Waals surface area contributed by atoms with E-state index in [1.54, 1.807) is 0 Å². The molecule has 0 bridgehead atoms. The molecule has 0 N–H and O–H groups in total. The van der Waals surface area contributed by atoms with E-state index in [0.717, 1.165) is 0 Å². The highest BCUT2D eigenvalue weighted by molar-refractivity contribution is 5.81. The zero-order valence-corrected chi connectivity index (χ0v) is 5.81. The van der Waals surface area contributed by atoms with Crippen LogP contribution in [0.5, 0.6) is 0 Å². The molecule has 0 amide bonds.